The quantitative estimate of drug-likeness (QED) is 0.705. The smallest absolute Gasteiger partial charge is 0.317 e. The summed E-state index contributed by atoms with van der Waals surface area (Å²) in [5, 5.41) is 8.96. The Balaban J connectivity index is 2.80. The molecule has 7 heteroatoms. The molecule has 106 valence electrons. The second-order valence-electron chi connectivity index (χ2n) is 4.64. The lowest BCUT2D eigenvalue weighted by Crippen LogP contribution is -2.48. The molecule has 0 bridgehead atoms. The van der Waals surface area contributed by atoms with Crippen LogP contribution in [-0.4, -0.2) is 68.2 Å². The highest BCUT2D eigenvalue weighted by Gasteiger charge is 2.35. The zero-order chi connectivity index (χ0) is 13.8. The molecule has 1 rings (SSSR count). The van der Waals surface area contributed by atoms with E-state index in [0.29, 0.717) is 13.0 Å². The summed E-state index contributed by atoms with van der Waals surface area (Å²) in [7, 11) is -1.45. The minimum absolute atomic E-state index is 0.0515. The van der Waals surface area contributed by atoms with E-state index in [1.165, 1.54) is 0 Å². The summed E-state index contributed by atoms with van der Waals surface area (Å²) in [6, 6.07) is -0.254. The van der Waals surface area contributed by atoms with Crippen molar-refractivity contribution in [3.8, 4) is 0 Å². The van der Waals surface area contributed by atoms with Crippen LogP contribution >= 0.6 is 0 Å². The Morgan fingerprint density at radius 3 is 2.61 bits per heavy atom. The summed E-state index contributed by atoms with van der Waals surface area (Å²) in [6.45, 7) is 2.23. The minimum atomic E-state index is -3.01. The molecule has 0 aromatic rings. The largest absolute Gasteiger partial charge is 0.480 e. The molecule has 0 saturated carbocycles. The summed E-state index contributed by atoms with van der Waals surface area (Å²) in [4.78, 5) is 12.7. The van der Waals surface area contributed by atoms with Crippen LogP contribution in [-0.2, 0) is 19.4 Å². The highest BCUT2D eigenvalue weighted by Crippen LogP contribution is 2.21. The Labute approximate surface area is 108 Å². The van der Waals surface area contributed by atoms with Crippen LogP contribution in [0.25, 0.3) is 0 Å². The first-order chi connectivity index (χ1) is 8.39. The monoisotopic (exact) mass is 279 g/mol. The summed E-state index contributed by atoms with van der Waals surface area (Å²) in [5.74, 6) is -0.730. The van der Waals surface area contributed by atoms with E-state index < -0.39 is 15.8 Å². The third kappa shape index (κ3) is 4.22. The van der Waals surface area contributed by atoms with Crippen LogP contribution in [0.3, 0.4) is 0 Å². The molecule has 18 heavy (non-hydrogen) atoms. The van der Waals surface area contributed by atoms with E-state index >= 15 is 0 Å². The van der Waals surface area contributed by atoms with E-state index in [4.69, 9.17) is 9.84 Å². The molecule has 0 radical (unpaired) electrons. The first kappa shape index (κ1) is 15.4. The molecule has 1 aliphatic heterocycles. The molecule has 1 heterocycles. The average molecular weight is 279 g/mol. The molecule has 0 spiro atoms. The highest BCUT2D eigenvalue weighted by atomic mass is 32.2. The number of hydrogen-bond acceptors (Lipinski definition) is 5. The van der Waals surface area contributed by atoms with Gasteiger partial charge in [0.25, 0.3) is 0 Å². The normalized spacial score (nSPS) is 24.3. The van der Waals surface area contributed by atoms with Crippen LogP contribution in [0.2, 0.25) is 0 Å². The fourth-order valence-electron chi connectivity index (χ4n) is 2.39. The predicted molar refractivity (Wildman–Crippen MR) is 67.4 cm³/mol. The molecule has 6 nitrogen and oxygen atoms in total. The average Bonchev–Trinajstić information content (AvgIpc) is 2.63. The van der Waals surface area contributed by atoms with Crippen LogP contribution in [0.15, 0.2) is 0 Å². The Kier molecular flexibility index (Phi) is 5.55. The van der Waals surface area contributed by atoms with Crippen molar-refractivity contribution in [2.75, 3.05) is 31.8 Å². The fourth-order valence-corrected chi connectivity index (χ4v) is 4.13. The van der Waals surface area contributed by atoms with Crippen LogP contribution in [0, 0.1) is 0 Å². The lowest BCUT2D eigenvalue weighted by Gasteiger charge is -2.33. The highest BCUT2D eigenvalue weighted by molar-refractivity contribution is 7.91. The lowest BCUT2D eigenvalue weighted by molar-refractivity contribution is -0.140. The number of carbonyl (C=O) groups is 1. The van der Waals surface area contributed by atoms with Gasteiger partial charge in [0.05, 0.1) is 24.7 Å². The van der Waals surface area contributed by atoms with Crippen molar-refractivity contribution in [2.24, 2.45) is 0 Å². The molecule has 2 atom stereocenters. The molecule has 0 aliphatic carbocycles. The molecule has 0 aromatic heterocycles. The van der Waals surface area contributed by atoms with Gasteiger partial charge in [0.15, 0.2) is 9.84 Å². The number of aliphatic carboxylic acids is 1. The zero-order valence-corrected chi connectivity index (χ0v) is 11.6. The van der Waals surface area contributed by atoms with Gasteiger partial charge in [-0.2, -0.15) is 0 Å². The van der Waals surface area contributed by atoms with Gasteiger partial charge >= 0.3 is 5.97 Å². The third-order valence-electron chi connectivity index (χ3n) is 3.29. The first-order valence-corrected chi connectivity index (χ1v) is 7.88. The SMILES string of the molecule is CCC(COC)N(CC(=O)O)C1CCS(=O)(=O)C1. The van der Waals surface area contributed by atoms with Crippen molar-refractivity contribution < 1.29 is 23.1 Å². The molecule has 0 aromatic carbocycles. The Hall–Kier alpha value is -0.660. The Morgan fingerprint density at radius 1 is 1.56 bits per heavy atom. The zero-order valence-electron chi connectivity index (χ0n) is 10.8. The van der Waals surface area contributed by atoms with Gasteiger partial charge in [0.2, 0.25) is 0 Å². The van der Waals surface area contributed by atoms with Crippen LogP contribution in [0.1, 0.15) is 19.8 Å². The van der Waals surface area contributed by atoms with Gasteiger partial charge in [0, 0.05) is 19.2 Å². The van der Waals surface area contributed by atoms with Crippen LogP contribution in [0.5, 0.6) is 0 Å². The number of hydrogen-bond donors (Lipinski definition) is 1. The second kappa shape index (κ2) is 6.49. The van der Waals surface area contributed by atoms with Gasteiger partial charge in [-0.05, 0) is 12.8 Å². The number of carboxylic acid groups (broad SMARTS) is 1. The summed E-state index contributed by atoms with van der Waals surface area (Å²) >= 11 is 0. The number of carboxylic acids is 1. The van der Waals surface area contributed by atoms with Gasteiger partial charge in [-0.15, -0.1) is 0 Å². The van der Waals surface area contributed by atoms with E-state index in [-0.39, 0.29) is 30.1 Å². The van der Waals surface area contributed by atoms with Crippen LogP contribution in [0.4, 0.5) is 0 Å². The second-order valence-corrected chi connectivity index (χ2v) is 6.87. The lowest BCUT2D eigenvalue weighted by atomic mass is 10.1. The fraction of sp³-hybridized carbons (Fsp3) is 0.909. The van der Waals surface area contributed by atoms with Gasteiger partial charge in [-0.3, -0.25) is 9.69 Å². The number of rotatable bonds is 7. The van der Waals surface area contributed by atoms with Gasteiger partial charge in [-0.1, -0.05) is 6.92 Å². The predicted octanol–water partition coefficient (Wildman–Crippen LogP) is -0.0149. The number of ether oxygens (including phenoxy) is 1. The maximum atomic E-state index is 11.5. The Bertz CT molecular complexity index is 381. The summed E-state index contributed by atoms with van der Waals surface area (Å²) in [5.41, 5.74) is 0. The van der Waals surface area contributed by atoms with Crippen molar-refractivity contribution in [1.29, 1.82) is 0 Å². The third-order valence-corrected chi connectivity index (χ3v) is 5.04. The number of methoxy groups -OCH3 is 1. The maximum absolute atomic E-state index is 11.5. The van der Waals surface area contributed by atoms with E-state index in [2.05, 4.69) is 0 Å². The molecule has 1 saturated heterocycles. The van der Waals surface area contributed by atoms with Gasteiger partial charge < -0.3 is 9.84 Å². The van der Waals surface area contributed by atoms with E-state index in [1.54, 1.807) is 12.0 Å². The minimum Gasteiger partial charge on any atom is -0.480 e. The van der Waals surface area contributed by atoms with E-state index in [0.717, 1.165) is 6.42 Å². The van der Waals surface area contributed by atoms with E-state index in [9.17, 15) is 13.2 Å². The molecule has 0 amide bonds. The maximum Gasteiger partial charge on any atom is 0.317 e. The standard InChI is InChI=1S/C11H21NO5S/c1-3-9(7-17-2)12(6-11(13)14)10-4-5-18(15,16)8-10/h9-10H,3-8H2,1-2H3,(H,13,14). The molecule has 1 fully saturated rings. The molecule has 2 unspecified atom stereocenters. The van der Waals surface area contributed by atoms with Crippen molar-refractivity contribution in [1.82, 2.24) is 4.90 Å². The molecule has 1 aliphatic rings. The van der Waals surface area contributed by atoms with Gasteiger partial charge in [0.1, 0.15) is 0 Å². The Morgan fingerprint density at radius 2 is 2.22 bits per heavy atom. The number of sulfone groups is 1. The molecule has 1 N–H and O–H groups in total. The van der Waals surface area contributed by atoms with E-state index in [1.807, 2.05) is 6.92 Å². The van der Waals surface area contributed by atoms with Crippen LogP contribution < -0.4 is 0 Å². The van der Waals surface area contributed by atoms with Crippen molar-refractivity contribution in [3.63, 3.8) is 0 Å². The number of nitrogens with zero attached hydrogens (tertiary/aromatic N) is 1. The molecular formula is C11H21NO5S. The summed E-state index contributed by atoms with van der Waals surface area (Å²) < 4.78 is 28.1. The topological polar surface area (TPSA) is 83.9 Å². The van der Waals surface area contributed by atoms with Crippen molar-refractivity contribution in [3.05, 3.63) is 0 Å². The summed E-state index contributed by atoms with van der Waals surface area (Å²) in [6.07, 6.45) is 1.24. The van der Waals surface area contributed by atoms with Gasteiger partial charge in [-0.25, -0.2) is 8.42 Å². The molecular weight excluding hydrogens is 258 g/mol. The van der Waals surface area contributed by atoms with Crippen molar-refractivity contribution in [2.45, 2.75) is 31.8 Å². The van der Waals surface area contributed by atoms with Crippen molar-refractivity contribution >= 4 is 15.8 Å². The first-order valence-electron chi connectivity index (χ1n) is 6.06.